The van der Waals surface area contributed by atoms with Crippen molar-refractivity contribution in [3.05, 3.63) is 0 Å². The van der Waals surface area contributed by atoms with Gasteiger partial charge in [0, 0.05) is 20.7 Å². The van der Waals surface area contributed by atoms with Gasteiger partial charge in [-0.25, -0.2) is 0 Å². The van der Waals surface area contributed by atoms with Gasteiger partial charge in [0.05, 0.1) is 24.9 Å². The number of rotatable bonds is 7. The standard InChI is InChI=1S/C27H47NO12/c1-5-14-8-6-9-15(22(14)40-26-21(33)20(32)18(30)13(2)36-26)38-27-24-23(19(31)17(12-29)39-27)37-16(10-7-11-35-24)25(34)28(3)4/h13-24,26-27,29-33H,5-12H2,1-4H3. The molecule has 0 spiro atoms. The predicted molar refractivity (Wildman–Crippen MR) is 138 cm³/mol. The molecule has 14 atom stereocenters. The van der Waals surface area contributed by atoms with Gasteiger partial charge in [-0.3, -0.25) is 4.79 Å². The van der Waals surface area contributed by atoms with Crippen molar-refractivity contribution >= 4 is 5.91 Å². The van der Waals surface area contributed by atoms with Crippen LogP contribution in [0.5, 0.6) is 0 Å². The number of likely N-dealkylation sites (N-methyl/N-ethyl adjacent to an activating group) is 1. The SMILES string of the molecule is CCC1CCCC(OC2OC(CO)C(O)C3OC(C(=O)N(C)C)CCCOC23)C1OC1OC(C)C(O)C(O)C1O. The molecule has 13 heteroatoms. The molecule has 1 amide bonds. The minimum Gasteiger partial charge on any atom is -0.394 e. The van der Waals surface area contributed by atoms with E-state index < -0.39 is 86.3 Å². The second-order valence-electron chi connectivity index (χ2n) is 11.6. The average Bonchev–Trinajstić information content (AvgIpc) is 2.92. The van der Waals surface area contributed by atoms with Crippen LogP contribution in [0.1, 0.15) is 52.4 Å². The van der Waals surface area contributed by atoms with E-state index in [1.54, 1.807) is 21.0 Å². The Hall–Kier alpha value is -0.970. The maximum Gasteiger partial charge on any atom is 0.251 e. The minimum atomic E-state index is -1.45. The van der Waals surface area contributed by atoms with Gasteiger partial charge in [-0.05, 0) is 38.5 Å². The van der Waals surface area contributed by atoms with Gasteiger partial charge in [0.1, 0.15) is 48.8 Å². The van der Waals surface area contributed by atoms with Crippen molar-refractivity contribution in [2.75, 3.05) is 27.3 Å². The van der Waals surface area contributed by atoms with Crippen LogP contribution in [-0.4, -0.2) is 143 Å². The van der Waals surface area contributed by atoms with Gasteiger partial charge in [0.15, 0.2) is 12.6 Å². The quantitative estimate of drug-likeness (QED) is 0.247. The fourth-order valence-corrected chi connectivity index (χ4v) is 6.15. The summed E-state index contributed by atoms with van der Waals surface area (Å²) in [6.07, 6.45) is -9.12. The molecule has 40 heavy (non-hydrogen) atoms. The third-order valence-electron chi connectivity index (χ3n) is 8.58. The molecule has 3 aliphatic heterocycles. The molecule has 14 unspecified atom stereocenters. The van der Waals surface area contributed by atoms with Gasteiger partial charge >= 0.3 is 0 Å². The summed E-state index contributed by atoms with van der Waals surface area (Å²) in [5, 5.41) is 52.0. The van der Waals surface area contributed by atoms with Gasteiger partial charge in [0.2, 0.25) is 0 Å². The van der Waals surface area contributed by atoms with E-state index in [9.17, 15) is 30.3 Å². The number of amides is 1. The third-order valence-corrected chi connectivity index (χ3v) is 8.58. The van der Waals surface area contributed by atoms with Crippen LogP contribution in [0.3, 0.4) is 0 Å². The first-order chi connectivity index (χ1) is 19.1. The molecule has 0 aromatic rings. The highest BCUT2D eigenvalue weighted by Gasteiger charge is 2.52. The molecule has 4 rings (SSSR count). The largest absolute Gasteiger partial charge is 0.394 e. The van der Waals surface area contributed by atoms with Gasteiger partial charge < -0.3 is 58.9 Å². The van der Waals surface area contributed by atoms with E-state index in [1.807, 2.05) is 6.92 Å². The van der Waals surface area contributed by atoms with Gasteiger partial charge in [-0.2, -0.15) is 0 Å². The fourth-order valence-electron chi connectivity index (χ4n) is 6.15. The van der Waals surface area contributed by atoms with Gasteiger partial charge in [-0.1, -0.05) is 19.8 Å². The van der Waals surface area contributed by atoms with Crippen LogP contribution in [0.15, 0.2) is 0 Å². The first-order valence-corrected chi connectivity index (χ1v) is 14.5. The highest BCUT2D eigenvalue weighted by Crippen LogP contribution is 2.37. The van der Waals surface area contributed by atoms with Crippen molar-refractivity contribution in [2.45, 2.75) is 132 Å². The zero-order valence-corrected chi connectivity index (χ0v) is 23.8. The molecule has 0 radical (unpaired) electrons. The van der Waals surface area contributed by atoms with Crippen molar-refractivity contribution < 1.29 is 58.7 Å². The molecule has 5 N–H and O–H groups in total. The zero-order chi connectivity index (χ0) is 29.1. The summed E-state index contributed by atoms with van der Waals surface area (Å²) in [7, 11) is 3.28. The van der Waals surface area contributed by atoms with E-state index in [1.165, 1.54) is 4.90 Å². The van der Waals surface area contributed by atoms with Crippen LogP contribution in [0.2, 0.25) is 0 Å². The Morgan fingerprint density at radius 1 is 0.875 bits per heavy atom. The Morgan fingerprint density at radius 2 is 1.62 bits per heavy atom. The first-order valence-electron chi connectivity index (χ1n) is 14.5. The van der Waals surface area contributed by atoms with Crippen LogP contribution in [0.25, 0.3) is 0 Å². The maximum atomic E-state index is 12.8. The Balaban J connectivity index is 1.55. The molecular weight excluding hydrogens is 530 g/mol. The lowest BCUT2D eigenvalue weighted by Crippen LogP contribution is -2.64. The molecule has 1 saturated carbocycles. The van der Waals surface area contributed by atoms with E-state index in [-0.39, 0.29) is 11.8 Å². The Morgan fingerprint density at radius 3 is 2.30 bits per heavy atom. The normalized spacial score (nSPS) is 46.6. The van der Waals surface area contributed by atoms with Crippen molar-refractivity contribution in [3.8, 4) is 0 Å². The van der Waals surface area contributed by atoms with Crippen LogP contribution >= 0.6 is 0 Å². The summed E-state index contributed by atoms with van der Waals surface area (Å²) in [6.45, 7) is 3.42. The molecule has 1 aliphatic carbocycles. The van der Waals surface area contributed by atoms with Crippen molar-refractivity contribution in [2.24, 2.45) is 5.92 Å². The lowest BCUT2D eigenvalue weighted by molar-refractivity contribution is -0.354. The topological polar surface area (TPSA) is 177 Å². The number of carbonyl (C=O) groups excluding carboxylic acids is 1. The van der Waals surface area contributed by atoms with Crippen LogP contribution in [-0.2, 0) is 33.2 Å². The molecule has 232 valence electrons. The second kappa shape index (κ2) is 14.0. The number of hydrogen-bond acceptors (Lipinski definition) is 12. The molecule has 0 bridgehead atoms. The molecule has 4 aliphatic rings. The Kier molecular flexibility index (Phi) is 11.2. The van der Waals surface area contributed by atoms with Crippen molar-refractivity contribution in [3.63, 3.8) is 0 Å². The highest BCUT2D eigenvalue weighted by molar-refractivity contribution is 5.80. The number of nitrogens with zero attached hydrogens (tertiary/aromatic N) is 1. The van der Waals surface area contributed by atoms with Gasteiger partial charge in [-0.15, -0.1) is 0 Å². The zero-order valence-electron chi connectivity index (χ0n) is 23.8. The van der Waals surface area contributed by atoms with E-state index in [4.69, 9.17) is 28.4 Å². The second-order valence-corrected chi connectivity index (χ2v) is 11.6. The molecule has 4 fully saturated rings. The van der Waals surface area contributed by atoms with Crippen molar-refractivity contribution in [1.82, 2.24) is 4.90 Å². The summed E-state index contributed by atoms with van der Waals surface area (Å²) in [5.41, 5.74) is 0. The molecule has 13 nitrogen and oxygen atoms in total. The number of hydrogen-bond donors (Lipinski definition) is 5. The van der Waals surface area contributed by atoms with E-state index in [2.05, 4.69) is 0 Å². The number of fused-ring (bicyclic) bond motifs is 1. The predicted octanol–water partition coefficient (Wildman–Crippen LogP) is -1.11. The minimum absolute atomic E-state index is 0.0454. The Labute approximate surface area is 235 Å². The first kappa shape index (κ1) is 32.0. The maximum absolute atomic E-state index is 12.8. The smallest absolute Gasteiger partial charge is 0.251 e. The number of aliphatic hydroxyl groups excluding tert-OH is 5. The molecule has 3 heterocycles. The highest BCUT2D eigenvalue weighted by atomic mass is 16.7. The average molecular weight is 578 g/mol. The Bertz CT molecular complexity index is 818. The van der Waals surface area contributed by atoms with Crippen LogP contribution in [0.4, 0.5) is 0 Å². The summed E-state index contributed by atoms with van der Waals surface area (Å²) >= 11 is 0. The number of aliphatic hydroxyl groups is 5. The van der Waals surface area contributed by atoms with E-state index >= 15 is 0 Å². The van der Waals surface area contributed by atoms with Crippen molar-refractivity contribution in [1.29, 1.82) is 0 Å². The molecule has 0 aromatic heterocycles. The van der Waals surface area contributed by atoms with E-state index in [0.29, 0.717) is 25.9 Å². The summed E-state index contributed by atoms with van der Waals surface area (Å²) < 4.78 is 36.7. The summed E-state index contributed by atoms with van der Waals surface area (Å²) in [6, 6.07) is 0. The number of carbonyl (C=O) groups is 1. The summed E-state index contributed by atoms with van der Waals surface area (Å²) in [4.78, 5) is 14.2. The van der Waals surface area contributed by atoms with E-state index in [0.717, 1.165) is 19.3 Å². The molecule has 0 aromatic carbocycles. The molecule has 3 saturated heterocycles. The summed E-state index contributed by atoms with van der Waals surface area (Å²) in [5.74, 6) is -0.180. The fraction of sp³-hybridized carbons (Fsp3) is 0.963. The van der Waals surface area contributed by atoms with Gasteiger partial charge in [0.25, 0.3) is 5.91 Å². The monoisotopic (exact) mass is 577 g/mol. The van der Waals surface area contributed by atoms with Crippen LogP contribution in [0, 0.1) is 5.92 Å². The third kappa shape index (κ3) is 6.81. The lowest BCUT2D eigenvalue weighted by Gasteiger charge is -2.48. The molecular formula is C27H47NO12. The number of ether oxygens (including phenoxy) is 6. The lowest BCUT2D eigenvalue weighted by atomic mass is 9.82. The van der Waals surface area contributed by atoms with Crippen LogP contribution < -0.4 is 0 Å².